The van der Waals surface area contributed by atoms with Crippen molar-refractivity contribution < 1.29 is 13.5 Å². The lowest BCUT2D eigenvalue weighted by Crippen LogP contribution is -2.14. The maximum atomic E-state index is 11.2. The molecule has 13 heavy (non-hydrogen) atoms. The Bertz CT molecular complexity index is 416. The van der Waals surface area contributed by atoms with Gasteiger partial charge in [0.25, 0.3) is 10.0 Å². The van der Waals surface area contributed by atoms with Crippen molar-refractivity contribution in [2.24, 2.45) is 0 Å². The minimum atomic E-state index is -3.70. The molecule has 0 fully saturated rings. The molecule has 0 heterocycles. The molecular formula is C7H8ClNO3S. The average molecular weight is 222 g/mol. The zero-order chi connectivity index (χ0) is 10.1. The van der Waals surface area contributed by atoms with E-state index in [4.69, 9.17) is 16.9 Å². The Hall–Kier alpha value is -0.780. The van der Waals surface area contributed by atoms with Crippen LogP contribution in [0.4, 0.5) is 0 Å². The quantitative estimate of drug-likeness (QED) is 0.736. The van der Waals surface area contributed by atoms with Gasteiger partial charge in [0.2, 0.25) is 0 Å². The molecule has 0 unspecified atom stereocenters. The fourth-order valence-electron chi connectivity index (χ4n) is 0.920. The molecule has 0 saturated heterocycles. The van der Waals surface area contributed by atoms with E-state index >= 15 is 0 Å². The van der Waals surface area contributed by atoms with Crippen LogP contribution < -0.4 is 4.24 Å². The van der Waals surface area contributed by atoms with Crippen molar-refractivity contribution in [3.8, 4) is 5.75 Å². The van der Waals surface area contributed by atoms with E-state index in [2.05, 4.69) is 0 Å². The number of aromatic hydroxyl groups is 1. The van der Waals surface area contributed by atoms with Gasteiger partial charge in [-0.15, -0.1) is 4.24 Å². The molecule has 2 N–H and O–H groups in total. The smallest absolute Gasteiger partial charge is 0.254 e. The first-order valence-electron chi connectivity index (χ1n) is 3.39. The van der Waals surface area contributed by atoms with Gasteiger partial charge < -0.3 is 5.11 Å². The molecule has 6 heteroatoms. The van der Waals surface area contributed by atoms with Crippen LogP contribution in [-0.2, 0) is 10.0 Å². The molecule has 0 spiro atoms. The number of halogens is 1. The molecule has 4 nitrogen and oxygen atoms in total. The summed E-state index contributed by atoms with van der Waals surface area (Å²) >= 11 is 5.03. The highest BCUT2D eigenvalue weighted by Gasteiger charge is 2.15. The maximum absolute atomic E-state index is 11.2. The van der Waals surface area contributed by atoms with Gasteiger partial charge in [-0.1, -0.05) is 6.07 Å². The van der Waals surface area contributed by atoms with Crippen LogP contribution in [0.25, 0.3) is 0 Å². The lowest BCUT2D eigenvalue weighted by molar-refractivity contribution is 0.473. The van der Waals surface area contributed by atoms with Gasteiger partial charge in [-0.3, -0.25) is 0 Å². The Labute approximate surface area is 81.3 Å². The van der Waals surface area contributed by atoms with Gasteiger partial charge >= 0.3 is 0 Å². The molecule has 0 radical (unpaired) electrons. The number of hydrogen-bond acceptors (Lipinski definition) is 3. The van der Waals surface area contributed by atoms with Crippen molar-refractivity contribution in [3.05, 3.63) is 23.8 Å². The third-order valence-corrected chi connectivity index (χ3v) is 3.39. The number of phenolic OH excluding ortho intramolecular Hbond substituents is 1. The number of hydrogen-bond donors (Lipinski definition) is 2. The Kier molecular flexibility index (Phi) is 2.80. The Morgan fingerprint density at radius 1 is 1.46 bits per heavy atom. The summed E-state index contributed by atoms with van der Waals surface area (Å²) in [6.45, 7) is 1.61. The first-order chi connectivity index (χ1) is 5.97. The summed E-state index contributed by atoms with van der Waals surface area (Å²) in [4.78, 5) is -0.0255. The summed E-state index contributed by atoms with van der Waals surface area (Å²) in [6.07, 6.45) is 0. The summed E-state index contributed by atoms with van der Waals surface area (Å²) in [5.74, 6) is -0.115. The van der Waals surface area contributed by atoms with Gasteiger partial charge in [-0.25, -0.2) is 8.42 Å². The van der Waals surface area contributed by atoms with Gasteiger partial charge in [0.1, 0.15) is 5.75 Å². The van der Waals surface area contributed by atoms with Crippen LogP contribution in [-0.4, -0.2) is 13.5 Å². The number of nitrogens with one attached hydrogen (secondary N) is 1. The second kappa shape index (κ2) is 3.53. The van der Waals surface area contributed by atoms with E-state index in [1.54, 1.807) is 11.2 Å². The molecule has 0 aliphatic rings. The molecular weight excluding hydrogens is 214 g/mol. The van der Waals surface area contributed by atoms with E-state index < -0.39 is 10.0 Å². The van der Waals surface area contributed by atoms with Crippen LogP contribution >= 0.6 is 11.8 Å². The summed E-state index contributed by atoms with van der Waals surface area (Å²) in [6, 6.07) is 4.04. The highest BCUT2D eigenvalue weighted by molar-refractivity contribution is 7.90. The van der Waals surface area contributed by atoms with E-state index in [-0.39, 0.29) is 10.6 Å². The van der Waals surface area contributed by atoms with Gasteiger partial charge in [0, 0.05) is 6.07 Å². The third kappa shape index (κ3) is 2.12. The number of sulfonamides is 1. The molecule has 0 bridgehead atoms. The van der Waals surface area contributed by atoms with E-state index in [0.29, 0.717) is 5.56 Å². The largest absolute Gasteiger partial charge is 0.508 e. The molecule has 0 aromatic heterocycles. The molecule has 1 aromatic carbocycles. The second-order valence-corrected chi connectivity index (χ2v) is 4.59. The summed E-state index contributed by atoms with van der Waals surface area (Å²) in [5, 5.41) is 9.06. The number of benzene rings is 1. The first-order valence-corrected chi connectivity index (χ1v) is 5.25. The molecule has 0 aliphatic heterocycles. The number of rotatable bonds is 2. The van der Waals surface area contributed by atoms with E-state index in [9.17, 15) is 8.42 Å². The minimum Gasteiger partial charge on any atom is -0.508 e. The second-order valence-electron chi connectivity index (χ2n) is 2.53. The number of aryl methyl sites for hydroxylation is 1. The fourth-order valence-corrected chi connectivity index (χ4v) is 2.02. The number of phenols is 1. The van der Waals surface area contributed by atoms with Crippen LogP contribution in [0.5, 0.6) is 5.75 Å². The third-order valence-electron chi connectivity index (χ3n) is 1.56. The van der Waals surface area contributed by atoms with Crippen LogP contribution in [0.15, 0.2) is 23.1 Å². The lowest BCUT2D eigenvalue weighted by atomic mass is 10.2. The predicted molar refractivity (Wildman–Crippen MR) is 49.0 cm³/mol. The molecule has 1 rings (SSSR count). The molecule has 72 valence electrons. The molecule has 0 aliphatic carbocycles. The fraction of sp³-hybridized carbons (Fsp3) is 0.143. The van der Waals surface area contributed by atoms with Crippen molar-refractivity contribution in [3.63, 3.8) is 0 Å². The normalized spacial score (nSPS) is 11.5. The topological polar surface area (TPSA) is 66.4 Å². The zero-order valence-electron chi connectivity index (χ0n) is 6.78. The molecule has 0 saturated carbocycles. The maximum Gasteiger partial charge on any atom is 0.254 e. The van der Waals surface area contributed by atoms with E-state index in [1.165, 1.54) is 12.1 Å². The Morgan fingerprint density at radius 3 is 2.62 bits per heavy atom. The summed E-state index contributed by atoms with van der Waals surface area (Å²) in [5.41, 5.74) is 0.519. The van der Waals surface area contributed by atoms with Gasteiger partial charge in [-0.2, -0.15) is 0 Å². The molecule has 1 aromatic rings. The lowest BCUT2D eigenvalue weighted by Gasteiger charge is -2.04. The van der Waals surface area contributed by atoms with Crippen molar-refractivity contribution in [2.45, 2.75) is 11.8 Å². The van der Waals surface area contributed by atoms with E-state index in [0.717, 1.165) is 6.07 Å². The van der Waals surface area contributed by atoms with E-state index in [1.807, 2.05) is 0 Å². The van der Waals surface area contributed by atoms with Crippen LogP contribution in [0, 0.1) is 6.92 Å². The summed E-state index contributed by atoms with van der Waals surface area (Å²) in [7, 11) is -3.70. The van der Waals surface area contributed by atoms with Gasteiger partial charge in [0.15, 0.2) is 0 Å². The average Bonchev–Trinajstić information content (AvgIpc) is 2.09. The van der Waals surface area contributed by atoms with Crippen LogP contribution in [0.2, 0.25) is 0 Å². The standard InChI is InChI=1S/C7H8ClNO3S/c1-5-2-3-6(10)4-7(5)13(11,12)9-8/h2-4,9-10H,1H3. The van der Waals surface area contributed by atoms with Crippen molar-refractivity contribution in [1.29, 1.82) is 0 Å². The summed E-state index contributed by atoms with van der Waals surface area (Å²) < 4.78 is 24.1. The SMILES string of the molecule is Cc1ccc(O)cc1S(=O)(=O)NCl. The zero-order valence-corrected chi connectivity index (χ0v) is 8.35. The molecule has 0 atom stereocenters. The molecule has 0 amide bonds. The monoisotopic (exact) mass is 221 g/mol. The predicted octanol–water partition coefficient (Wildman–Crippen LogP) is 1.13. The Balaban J connectivity index is 3.38. The minimum absolute atomic E-state index is 0.0255. The van der Waals surface area contributed by atoms with Gasteiger partial charge in [0.05, 0.1) is 4.90 Å². The highest BCUT2D eigenvalue weighted by atomic mass is 35.5. The van der Waals surface area contributed by atoms with Gasteiger partial charge in [-0.05, 0) is 30.3 Å². The van der Waals surface area contributed by atoms with Crippen molar-refractivity contribution in [2.75, 3.05) is 0 Å². The first kappa shape index (κ1) is 10.3. The highest BCUT2D eigenvalue weighted by Crippen LogP contribution is 2.20. The Morgan fingerprint density at radius 2 is 2.08 bits per heavy atom. The van der Waals surface area contributed by atoms with Crippen molar-refractivity contribution >= 4 is 21.8 Å². The van der Waals surface area contributed by atoms with Crippen LogP contribution in [0.3, 0.4) is 0 Å². The van der Waals surface area contributed by atoms with Crippen molar-refractivity contribution in [1.82, 2.24) is 4.24 Å². The van der Waals surface area contributed by atoms with Crippen LogP contribution in [0.1, 0.15) is 5.56 Å².